The Labute approximate surface area is 326 Å². The van der Waals surface area contributed by atoms with Crippen molar-refractivity contribution in [3.63, 3.8) is 0 Å². The summed E-state index contributed by atoms with van der Waals surface area (Å²) in [6.07, 6.45) is -1.83. The van der Waals surface area contributed by atoms with Crippen molar-refractivity contribution in [2.75, 3.05) is 0 Å². The van der Waals surface area contributed by atoms with E-state index in [1.54, 1.807) is 0 Å². The molecular weight excluding hydrogens is 841 g/mol. The molecule has 0 fully saturated rings. The predicted octanol–water partition coefficient (Wildman–Crippen LogP) is 7.70. The van der Waals surface area contributed by atoms with Gasteiger partial charge in [0.05, 0.1) is 0 Å². The predicted molar refractivity (Wildman–Crippen MR) is 208 cm³/mol. The molecule has 2 N–H and O–H groups in total. The van der Waals surface area contributed by atoms with Gasteiger partial charge in [0.15, 0.2) is 0 Å². The first-order chi connectivity index (χ1) is 23.6. The molecule has 0 unspecified atom stereocenters. The van der Waals surface area contributed by atoms with Crippen molar-refractivity contribution >= 4 is 58.5 Å². The molecule has 1 radical (unpaired) electrons. The van der Waals surface area contributed by atoms with E-state index < -0.39 is 21.3 Å². The molecule has 7 rings (SSSR count). The average Bonchev–Trinajstić information content (AvgIpc) is 3.15. The van der Waals surface area contributed by atoms with Crippen LogP contribution in [-0.4, -0.2) is 16.4 Å². The summed E-state index contributed by atoms with van der Waals surface area (Å²) in [7, 11) is -2.75. The third-order valence-corrected chi connectivity index (χ3v) is 15.1. The molecule has 50 heavy (non-hydrogen) atoms. The van der Waals surface area contributed by atoms with Crippen molar-refractivity contribution in [1.82, 2.24) is 0 Å². The summed E-state index contributed by atoms with van der Waals surface area (Å²) in [4.78, 5) is 8.56. The van der Waals surface area contributed by atoms with Crippen LogP contribution in [0.4, 0.5) is 4.79 Å². The van der Waals surface area contributed by atoms with E-state index in [1.165, 1.54) is 37.1 Å². The van der Waals surface area contributed by atoms with E-state index in [0.717, 1.165) is 0 Å². The normalized spacial score (nSPS) is 10.4. The van der Waals surface area contributed by atoms with Crippen LogP contribution in [0, 0.1) is 0 Å². The Kier molecular flexibility index (Phi) is 17.3. The van der Waals surface area contributed by atoms with Crippen LogP contribution in [0.1, 0.15) is 0 Å². The molecule has 0 atom stereocenters. The summed E-state index contributed by atoms with van der Waals surface area (Å²) in [5.41, 5.74) is 0. The molecule has 7 aromatic carbocycles. The van der Waals surface area contributed by atoms with Crippen LogP contribution in [0.25, 0.3) is 0 Å². The summed E-state index contributed by atoms with van der Waals surface area (Å²) in [6, 6.07) is 76.3. The van der Waals surface area contributed by atoms with Gasteiger partial charge in [-0.2, -0.15) is 0 Å². The fraction of sp³-hybridized carbons (Fsp3) is 0. The second-order valence-corrected chi connectivity index (χ2v) is 16.9. The van der Waals surface area contributed by atoms with Gasteiger partial charge in [0, 0.05) is 42.8 Å². The molecule has 7 heteroatoms. The number of benzene rings is 7. The number of carboxylic acid groups (broad SMARTS) is 2. The summed E-state index contributed by atoms with van der Waals surface area (Å²) in [5.74, 6) is 0. The van der Waals surface area contributed by atoms with E-state index in [4.69, 9.17) is 15.0 Å². The topological polar surface area (TPSA) is 57.5 Å². The van der Waals surface area contributed by atoms with Gasteiger partial charge in [-0.05, 0) is 23.8 Å². The van der Waals surface area contributed by atoms with Gasteiger partial charge in [0.2, 0.25) is 0 Å². The average molecular weight is 879 g/mol. The van der Waals surface area contributed by atoms with Gasteiger partial charge in [-0.1, -0.05) is 91.0 Å². The Hall–Kier alpha value is -3.93. The van der Waals surface area contributed by atoms with Gasteiger partial charge in [-0.25, -0.2) is 4.79 Å². The van der Waals surface area contributed by atoms with Crippen LogP contribution in [0.5, 0.6) is 0 Å². The van der Waals surface area contributed by atoms with Crippen LogP contribution in [0.15, 0.2) is 212 Å². The number of rotatable bonds is 7. The second-order valence-electron chi connectivity index (χ2n) is 10.8. The quantitative estimate of drug-likeness (QED) is 0.128. The Morgan fingerprint density at radius 1 is 0.360 bits per heavy atom. The van der Waals surface area contributed by atoms with Crippen molar-refractivity contribution in [2.45, 2.75) is 0 Å². The summed E-state index contributed by atoms with van der Waals surface area (Å²) >= 11 is 0. The number of carbonyl (C=O) groups is 1. The number of hydrogen-bond donors (Lipinski definition) is 2. The van der Waals surface area contributed by atoms with E-state index >= 15 is 0 Å². The van der Waals surface area contributed by atoms with E-state index in [0.29, 0.717) is 0 Å². The van der Waals surface area contributed by atoms with Crippen LogP contribution in [-0.2, 0) is 42.8 Å². The monoisotopic (exact) mass is 877 g/mol. The fourth-order valence-electron chi connectivity index (χ4n) is 5.93. The maximum atomic E-state index is 8.56. The molecule has 0 aromatic heterocycles. The zero-order valence-corrected chi connectivity index (χ0v) is 32.0. The maximum absolute atomic E-state index is 8.56. The Morgan fingerprint density at radius 2 is 0.520 bits per heavy atom. The summed E-state index contributed by atoms with van der Waals surface area (Å²) in [6.45, 7) is 0. The molecule has 0 amide bonds. The molecule has 0 saturated heterocycles. The fourth-order valence-corrected chi connectivity index (χ4v) is 13.0. The third-order valence-electron chi connectivity index (χ3n) is 7.87. The van der Waals surface area contributed by atoms with Gasteiger partial charge in [-0.3, -0.25) is 0 Å². The standard InChI is InChI=1S/C24H21P.C18H15P.CH2O3.Ag.Pd/c1-5-13-21(14-6-1)25(22-15-7-2-8-16-22,23-17-9-3-10-18-23)24-19-11-4-12-20-24;1-4-10-16(11-5-1)19(17-12-6-2-7-13-17)18-14-8-3-9-15-18;2-1(3)4;;/h1-20,25H;1-15H;(H2,2,3,4);;. The molecule has 0 bridgehead atoms. The second kappa shape index (κ2) is 21.3. The van der Waals surface area contributed by atoms with Crippen molar-refractivity contribution < 1.29 is 57.8 Å². The van der Waals surface area contributed by atoms with E-state index in [2.05, 4.69) is 212 Å². The molecule has 0 aliphatic carbocycles. The van der Waals surface area contributed by atoms with Gasteiger partial charge in [0.25, 0.3) is 0 Å². The van der Waals surface area contributed by atoms with Crippen LogP contribution in [0.2, 0.25) is 0 Å². The van der Waals surface area contributed by atoms with Crippen molar-refractivity contribution in [3.8, 4) is 0 Å². The zero-order chi connectivity index (χ0) is 33.4. The molecule has 0 spiro atoms. The summed E-state index contributed by atoms with van der Waals surface area (Å²) in [5, 5.41) is 23.8. The van der Waals surface area contributed by atoms with E-state index in [-0.39, 0.29) is 42.8 Å². The van der Waals surface area contributed by atoms with Gasteiger partial charge in [-0.15, -0.1) is 0 Å². The Morgan fingerprint density at radius 3 is 0.700 bits per heavy atom. The minimum absolute atomic E-state index is 0. The Balaban J connectivity index is 0.000000242. The molecule has 0 aliphatic heterocycles. The van der Waals surface area contributed by atoms with Gasteiger partial charge < -0.3 is 10.2 Å². The first-order valence-corrected chi connectivity index (χ1v) is 19.0. The van der Waals surface area contributed by atoms with E-state index in [9.17, 15) is 0 Å². The van der Waals surface area contributed by atoms with E-state index in [1.807, 2.05) is 0 Å². The number of hydrogen-bond acceptors (Lipinski definition) is 1. The van der Waals surface area contributed by atoms with Crippen LogP contribution < -0.4 is 37.1 Å². The molecule has 0 heterocycles. The zero-order valence-electron chi connectivity index (χ0n) is 27.1. The SMILES string of the molecule is O=C(O)O.[Ag].[Pd].c1ccc(P(c2ccccc2)c2ccccc2)cc1.c1ccc([PH](c2ccccc2)(c2ccccc2)c2ccccc2)cc1. The third kappa shape index (κ3) is 10.5. The molecule has 0 saturated carbocycles. The van der Waals surface area contributed by atoms with Gasteiger partial charge >= 0.3 is 156 Å². The van der Waals surface area contributed by atoms with Gasteiger partial charge in [0.1, 0.15) is 0 Å². The van der Waals surface area contributed by atoms with Crippen molar-refractivity contribution in [1.29, 1.82) is 0 Å². The molecule has 7 aromatic rings. The molecule has 0 aliphatic rings. The molecular formula is C43H38AgO3P2Pd. The molecule has 3 nitrogen and oxygen atoms in total. The first-order valence-electron chi connectivity index (χ1n) is 15.7. The molecule has 259 valence electrons. The summed E-state index contributed by atoms with van der Waals surface area (Å²) < 4.78 is 0. The van der Waals surface area contributed by atoms with Crippen LogP contribution >= 0.6 is 15.2 Å². The van der Waals surface area contributed by atoms with Crippen LogP contribution in [0.3, 0.4) is 0 Å². The minimum atomic E-state index is -2.30. The Bertz CT molecular complexity index is 1680. The van der Waals surface area contributed by atoms with Crippen molar-refractivity contribution in [3.05, 3.63) is 212 Å². The van der Waals surface area contributed by atoms with Crippen molar-refractivity contribution in [2.24, 2.45) is 0 Å². The first kappa shape index (κ1) is 40.5.